The molecule has 5 heteroatoms. The lowest BCUT2D eigenvalue weighted by Gasteiger charge is -2.31. The molecular weight excluding hydrogens is 400 g/mol. The summed E-state index contributed by atoms with van der Waals surface area (Å²) < 4.78 is 5.82. The summed E-state index contributed by atoms with van der Waals surface area (Å²) in [6.45, 7) is 4.62. The summed E-state index contributed by atoms with van der Waals surface area (Å²) in [5, 5.41) is 0. The van der Waals surface area contributed by atoms with E-state index in [0.717, 1.165) is 81.9 Å². The number of carbonyl (C=O) groups excluding carboxylic acids is 2. The third kappa shape index (κ3) is 4.58. The van der Waals surface area contributed by atoms with Crippen molar-refractivity contribution < 1.29 is 14.3 Å². The van der Waals surface area contributed by atoms with Crippen LogP contribution in [-0.4, -0.2) is 49.4 Å². The Hall–Kier alpha value is -2.66. The summed E-state index contributed by atoms with van der Waals surface area (Å²) in [4.78, 5) is 29.5. The fourth-order valence-corrected chi connectivity index (χ4v) is 5.41. The fourth-order valence-electron chi connectivity index (χ4n) is 5.41. The first-order chi connectivity index (χ1) is 15.7. The Balaban J connectivity index is 1.07. The zero-order valence-electron chi connectivity index (χ0n) is 18.7. The number of anilines is 1. The van der Waals surface area contributed by atoms with Gasteiger partial charge in [-0.1, -0.05) is 18.2 Å². The molecule has 5 rings (SSSR count). The molecule has 3 aliphatic heterocycles. The van der Waals surface area contributed by atoms with E-state index in [4.69, 9.17) is 4.74 Å². The average Bonchev–Trinajstić information content (AvgIpc) is 3.27. The highest BCUT2D eigenvalue weighted by atomic mass is 16.5. The number of likely N-dealkylation sites (tertiary alicyclic amines) is 1. The Labute approximate surface area is 190 Å². The van der Waals surface area contributed by atoms with Crippen molar-refractivity contribution in [1.29, 1.82) is 0 Å². The Morgan fingerprint density at radius 1 is 0.969 bits per heavy atom. The van der Waals surface area contributed by atoms with Crippen molar-refractivity contribution in [2.24, 2.45) is 5.92 Å². The van der Waals surface area contributed by atoms with E-state index in [1.165, 1.54) is 11.1 Å². The maximum atomic E-state index is 13.0. The number of carbonyl (C=O) groups is 2. The van der Waals surface area contributed by atoms with Gasteiger partial charge in [0.2, 0.25) is 5.91 Å². The molecule has 0 spiro atoms. The number of ketones is 1. The zero-order chi connectivity index (χ0) is 21.9. The first kappa shape index (κ1) is 21.2. The van der Waals surface area contributed by atoms with E-state index in [0.29, 0.717) is 18.8 Å². The molecule has 0 atom stereocenters. The highest BCUT2D eigenvalue weighted by Crippen LogP contribution is 2.38. The lowest BCUT2D eigenvalue weighted by Crippen LogP contribution is -2.36. The number of rotatable bonds is 8. The van der Waals surface area contributed by atoms with E-state index in [1.807, 2.05) is 35.2 Å². The van der Waals surface area contributed by atoms with Gasteiger partial charge in [0.1, 0.15) is 12.4 Å². The molecule has 0 unspecified atom stereocenters. The second kappa shape index (κ2) is 9.45. The molecule has 3 heterocycles. The highest BCUT2D eigenvalue weighted by molar-refractivity contribution is 6.02. The second-order valence-electron chi connectivity index (χ2n) is 9.35. The van der Waals surface area contributed by atoms with Crippen molar-refractivity contribution in [3.8, 4) is 5.75 Å². The van der Waals surface area contributed by atoms with Crippen LogP contribution in [0.5, 0.6) is 5.75 Å². The molecule has 0 saturated carbocycles. The Morgan fingerprint density at radius 2 is 1.72 bits per heavy atom. The molecular formula is C27H32N2O3. The highest BCUT2D eigenvalue weighted by Gasteiger charge is 2.32. The number of hydrogen-bond acceptors (Lipinski definition) is 4. The van der Waals surface area contributed by atoms with E-state index < -0.39 is 0 Å². The van der Waals surface area contributed by atoms with Gasteiger partial charge in [-0.25, -0.2) is 0 Å². The van der Waals surface area contributed by atoms with Gasteiger partial charge in [0.05, 0.1) is 5.69 Å². The number of ether oxygens (including phenoxy) is 1. The van der Waals surface area contributed by atoms with E-state index in [9.17, 15) is 9.59 Å². The van der Waals surface area contributed by atoms with Crippen molar-refractivity contribution in [1.82, 2.24) is 4.90 Å². The molecule has 1 saturated heterocycles. The molecule has 5 nitrogen and oxygen atoms in total. The van der Waals surface area contributed by atoms with Gasteiger partial charge >= 0.3 is 0 Å². The normalized spacial score (nSPS) is 18.6. The topological polar surface area (TPSA) is 49.9 Å². The lowest BCUT2D eigenvalue weighted by atomic mass is 9.89. The molecule has 168 valence electrons. The molecule has 3 aliphatic rings. The number of hydrogen-bond donors (Lipinski definition) is 0. The van der Waals surface area contributed by atoms with Crippen molar-refractivity contribution in [3.63, 3.8) is 0 Å². The molecule has 0 bridgehead atoms. The van der Waals surface area contributed by atoms with E-state index in [-0.39, 0.29) is 11.7 Å². The van der Waals surface area contributed by atoms with Gasteiger partial charge in [-0.3, -0.25) is 14.5 Å². The predicted octanol–water partition coefficient (Wildman–Crippen LogP) is 4.28. The predicted molar refractivity (Wildman–Crippen MR) is 125 cm³/mol. The summed E-state index contributed by atoms with van der Waals surface area (Å²) >= 11 is 0. The Bertz CT molecular complexity index is 980. The summed E-state index contributed by atoms with van der Waals surface area (Å²) in [5.41, 5.74) is 4.32. The Kier molecular flexibility index (Phi) is 6.26. The monoisotopic (exact) mass is 432 g/mol. The van der Waals surface area contributed by atoms with E-state index in [1.54, 1.807) is 0 Å². The van der Waals surface area contributed by atoms with Crippen LogP contribution in [0.3, 0.4) is 0 Å². The number of nitrogens with zero attached hydrogens (tertiary/aromatic N) is 2. The summed E-state index contributed by atoms with van der Waals surface area (Å²) in [5.74, 6) is 2.05. The third-order valence-electron chi connectivity index (χ3n) is 7.28. The molecule has 2 aromatic rings. The number of amides is 1. The number of benzene rings is 2. The Morgan fingerprint density at radius 3 is 2.50 bits per heavy atom. The van der Waals surface area contributed by atoms with Gasteiger partial charge < -0.3 is 9.64 Å². The molecule has 0 aliphatic carbocycles. The first-order valence-electron chi connectivity index (χ1n) is 12.1. The smallest absolute Gasteiger partial charge is 0.227 e. The van der Waals surface area contributed by atoms with Gasteiger partial charge in [0, 0.05) is 31.5 Å². The van der Waals surface area contributed by atoms with Crippen molar-refractivity contribution in [2.75, 3.05) is 37.7 Å². The van der Waals surface area contributed by atoms with Crippen LogP contribution in [0, 0.1) is 5.92 Å². The SMILES string of the molecule is O=C(CCC1CCN(CCOc2ccccc2)CC1)c1cc2c3c(c1)CCN3C(=O)CC2. The molecule has 32 heavy (non-hydrogen) atoms. The van der Waals surface area contributed by atoms with Gasteiger partial charge in [0.15, 0.2) is 5.78 Å². The van der Waals surface area contributed by atoms with Crippen molar-refractivity contribution in [3.05, 3.63) is 59.2 Å². The molecule has 1 fully saturated rings. The van der Waals surface area contributed by atoms with Crippen LogP contribution in [0.25, 0.3) is 0 Å². The average molecular weight is 433 g/mol. The largest absolute Gasteiger partial charge is 0.492 e. The number of para-hydroxylation sites is 1. The number of Topliss-reactive ketones (excluding diaryl/α,β-unsaturated/α-hetero) is 1. The summed E-state index contributed by atoms with van der Waals surface area (Å²) in [6, 6.07) is 14.1. The molecule has 1 amide bonds. The van der Waals surface area contributed by atoms with Gasteiger partial charge in [-0.05, 0) is 86.5 Å². The van der Waals surface area contributed by atoms with Gasteiger partial charge in [-0.2, -0.15) is 0 Å². The van der Waals surface area contributed by atoms with Crippen molar-refractivity contribution >= 4 is 17.4 Å². The van der Waals surface area contributed by atoms with Crippen LogP contribution in [0.2, 0.25) is 0 Å². The maximum Gasteiger partial charge on any atom is 0.227 e. The van der Waals surface area contributed by atoms with Gasteiger partial charge in [-0.15, -0.1) is 0 Å². The lowest BCUT2D eigenvalue weighted by molar-refractivity contribution is -0.118. The summed E-state index contributed by atoms with van der Waals surface area (Å²) in [7, 11) is 0. The van der Waals surface area contributed by atoms with Crippen LogP contribution >= 0.6 is 0 Å². The van der Waals surface area contributed by atoms with Crippen LogP contribution in [0.15, 0.2) is 42.5 Å². The number of piperidine rings is 1. The standard InChI is InChI=1S/C27H32N2O3/c30-25(23-18-21-7-9-26(31)29-15-12-22(19-23)27(21)29)8-6-20-10-13-28(14-11-20)16-17-32-24-4-2-1-3-5-24/h1-5,18-20H,6-17H2. The van der Waals surface area contributed by atoms with Crippen molar-refractivity contribution in [2.45, 2.75) is 44.9 Å². The molecule has 0 aromatic heterocycles. The molecule has 0 N–H and O–H groups in total. The first-order valence-corrected chi connectivity index (χ1v) is 12.1. The minimum atomic E-state index is 0.230. The van der Waals surface area contributed by atoms with E-state index in [2.05, 4.69) is 17.0 Å². The van der Waals surface area contributed by atoms with E-state index >= 15 is 0 Å². The third-order valence-corrected chi connectivity index (χ3v) is 7.28. The second-order valence-corrected chi connectivity index (χ2v) is 9.35. The van der Waals surface area contributed by atoms with Gasteiger partial charge in [0.25, 0.3) is 0 Å². The molecule has 0 radical (unpaired) electrons. The quantitative estimate of drug-likeness (QED) is 0.585. The molecule has 2 aromatic carbocycles. The van der Waals surface area contributed by atoms with Crippen LogP contribution in [0.4, 0.5) is 5.69 Å². The minimum Gasteiger partial charge on any atom is -0.492 e. The maximum absolute atomic E-state index is 13.0. The van der Waals surface area contributed by atoms with Crippen LogP contribution in [0.1, 0.15) is 53.6 Å². The van der Waals surface area contributed by atoms with Crippen LogP contribution in [-0.2, 0) is 17.6 Å². The number of aryl methyl sites for hydroxylation is 1. The minimum absolute atomic E-state index is 0.230. The fraction of sp³-hybridized carbons (Fsp3) is 0.481. The summed E-state index contributed by atoms with van der Waals surface area (Å²) in [6.07, 6.45) is 6.13. The van der Waals surface area contributed by atoms with Crippen LogP contribution < -0.4 is 9.64 Å². The zero-order valence-corrected chi connectivity index (χ0v) is 18.7.